The van der Waals surface area contributed by atoms with Gasteiger partial charge in [-0.2, -0.15) is 0 Å². The van der Waals surface area contributed by atoms with E-state index in [0.29, 0.717) is 5.69 Å². The second kappa shape index (κ2) is 2.80. The van der Waals surface area contributed by atoms with E-state index in [0.717, 1.165) is 6.07 Å². The van der Waals surface area contributed by atoms with Crippen LogP contribution in [0.3, 0.4) is 0 Å². The van der Waals surface area contributed by atoms with E-state index < -0.39 is 20.9 Å². The molecular weight excluding hydrogens is 183 g/mol. The van der Waals surface area contributed by atoms with Gasteiger partial charge < -0.3 is 0 Å². The maximum Gasteiger partial charge on any atom is 0.258 e. The summed E-state index contributed by atoms with van der Waals surface area (Å²) in [4.78, 5) is 3.46. The largest absolute Gasteiger partial charge is 0.258 e. The van der Waals surface area contributed by atoms with Crippen LogP contribution in [0.4, 0.5) is 4.39 Å². The lowest BCUT2D eigenvalue weighted by Crippen LogP contribution is -2.16. The van der Waals surface area contributed by atoms with Crippen LogP contribution in [0.15, 0.2) is 17.2 Å². The first-order valence-electron chi connectivity index (χ1n) is 3.07. The average Bonchev–Trinajstić information content (AvgIpc) is 1.92. The van der Waals surface area contributed by atoms with Gasteiger partial charge in [-0.15, -0.1) is 0 Å². The van der Waals surface area contributed by atoms with Crippen molar-refractivity contribution in [3.63, 3.8) is 0 Å². The van der Waals surface area contributed by atoms with Crippen molar-refractivity contribution in [2.24, 2.45) is 5.14 Å². The Morgan fingerprint density at radius 3 is 2.50 bits per heavy atom. The predicted molar refractivity (Wildman–Crippen MR) is 40.3 cm³/mol. The standard InChI is InChI=1S/C6H7FN2O2S/c1-4-2-3-5(7)6(9-4)12(8,10)11/h2-3H,1H3,(H2,8,10,11). The number of primary sulfonamides is 1. The summed E-state index contributed by atoms with van der Waals surface area (Å²) in [5, 5.41) is 3.99. The minimum absolute atomic E-state index is 0.403. The van der Waals surface area contributed by atoms with Crippen LogP contribution in [0.2, 0.25) is 0 Å². The van der Waals surface area contributed by atoms with Gasteiger partial charge in [0.2, 0.25) is 5.03 Å². The number of aryl methyl sites for hydroxylation is 1. The minimum atomic E-state index is -4.04. The van der Waals surface area contributed by atoms with Crippen LogP contribution < -0.4 is 5.14 Å². The predicted octanol–water partition coefficient (Wildman–Crippen LogP) is 0.177. The Hall–Kier alpha value is -1.01. The second-order valence-corrected chi connectivity index (χ2v) is 3.76. The molecule has 66 valence electrons. The third-order valence-electron chi connectivity index (χ3n) is 1.22. The molecule has 2 N–H and O–H groups in total. The van der Waals surface area contributed by atoms with Crippen LogP contribution in [-0.4, -0.2) is 13.4 Å². The van der Waals surface area contributed by atoms with E-state index in [9.17, 15) is 12.8 Å². The van der Waals surface area contributed by atoms with Gasteiger partial charge in [0.05, 0.1) is 0 Å². The van der Waals surface area contributed by atoms with Gasteiger partial charge in [-0.1, -0.05) is 0 Å². The lowest BCUT2D eigenvalue weighted by atomic mass is 10.4. The Bertz CT molecular complexity index is 402. The number of halogens is 1. The fourth-order valence-electron chi connectivity index (χ4n) is 0.715. The number of nitrogens with two attached hydrogens (primary N) is 1. The van der Waals surface area contributed by atoms with Crippen LogP contribution in [0.25, 0.3) is 0 Å². The summed E-state index contributed by atoms with van der Waals surface area (Å²) in [6, 6.07) is 2.38. The zero-order valence-electron chi connectivity index (χ0n) is 6.28. The van der Waals surface area contributed by atoms with E-state index in [1.54, 1.807) is 6.92 Å². The van der Waals surface area contributed by atoms with Gasteiger partial charge in [0.15, 0.2) is 5.82 Å². The number of aromatic nitrogens is 1. The van der Waals surface area contributed by atoms with E-state index >= 15 is 0 Å². The molecule has 0 fully saturated rings. The number of nitrogens with zero attached hydrogens (tertiary/aromatic N) is 1. The number of sulfonamides is 1. The van der Waals surface area contributed by atoms with E-state index in [2.05, 4.69) is 4.98 Å². The third-order valence-corrected chi connectivity index (χ3v) is 2.05. The summed E-state index contributed by atoms with van der Waals surface area (Å²) in [6.07, 6.45) is 0. The second-order valence-electron chi connectivity index (χ2n) is 2.28. The normalized spacial score (nSPS) is 11.6. The lowest BCUT2D eigenvalue weighted by Gasteiger charge is -1.99. The Labute approximate surface area is 69.3 Å². The average molecular weight is 190 g/mol. The van der Waals surface area contributed by atoms with Gasteiger partial charge >= 0.3 is 0 Å². The van der Waals surface area contributed by atoms with Crippen molar-refractivity contribution in [1.82, 2.24) is 4.98 Å². The fourth-order valence-corrected chi connectivity index (χ4v) is 1.33. The van der Waals surface area contributed by atoms with Crippen molar-refractivity contribution in [3.05, 3.63) is 23.6 Å². The van der Waals surface area contributed by atoms with Crippen LogP contribution in [0.5, 0.6) is 0 Å². The molecule has 0 aromatic carbocycles. The molecule has 0 spiro atoms. The Balaban J connectivity index is 3.43. The van der Waals surface area contributed by atoms with Crippen molar-refractivity contribution in [2.45, 2.75) is 11.9 Å². The van der Waals surface area contributed by atoms with Crippen LogP contribution in [0, 0.1) is 12.7 Å². The highest BCUT2D eigenvalue weighted by atomic mass is 32.2. The van der Waals surface area contributed by atoms with Crippen LogP contribution >= 0.6 is 0 Å². The molecule has 1 rings (SSSR count). The van der Waals surface area contributed by atoms with Crippen molar-refractivity contribution < 1.29 is 12.8 Å². The summed E-state index contributed by atoms with van der Waals surface area (Å²) in [6.45, 7) is 1.55. The lowest BCUT2D eigenvalue weighted by molar-refractivity contribution is 0.553. The molecule has 0 aliphatic rings. The Kier molecular flexibility index (Phi) is 2.12. The van der Waals surface area contributed by atoms with Gasteiger partial charge in [0, 0.05) is 5.69 Å². The molecule has 0 atom stereocenters. The molecular formula is C6H7FN2O2S. The van der Waals surface area contributed by atoms with Gasteiger partial charge in [-0.05, 0) is 19.1 Å². The first-order valence-corrected chi connectivity index (χ1v) is 4.62. The van der Waals surface area contributed by atoms with E-state index in [1.807, 2.05) is 0 Å². The molecule has 6 heteroatoms. The molecule has 0 amide bonds. The molecule has 12 heavy (non-hydrogen) atoms. The molecule has 4 nitrogen and oxygen atoms in total. The van der Waals surface area contributed by atoms with Crippen LogP contribution in [0.1, 0.15) is 5.69 Å². The highest BCUT2D eigenvalue weighted by Gasteiger charge is 2.15. The summed E-state index contributed by atoms with van der Waals surface area (Å²) in [5.74, 6) is -0.928. The zero-order valence-corrected chi connectivity index (χ0v) is 7.10. The molecule has 0 bridgehead atoms. The van der Waals surface area contributed by atoms with E-state index in [4.69, 9.17) is 5.14 Å². The van der Waals surface area contributed by atoms with E-state index in [1.165, 1.54) is 6.07 Å². The summed E-state index contributed by atoms with van der Waals surface area (Å²) < 4.78 is 34.1. The summed E-state index contributed by atoms with van der Waals surface area (Å²) in [7, 11) is -4.04. The molecule has 1 aromatic heterocycles. The first-order chi connectivity index (χ1) is 5.41. The number of hydrogen-bond donors (Lipinski definition) is 1. The number of rotatable bonds is 1. The van der Waals surface area contributed by atoms with Crippen LogP contribution in [-0.2, 0) is 10.0 Å². The molecule has 1 aromatic rings. The molecule has 1 heterocycles. The highest BCUT2D eigenvalue weighted by molar-refractivity contribution is 7.89. The smallest absolute Gasteiger partial charge is 0.238 e. The molecule has 0 saturated carbocycles. The maximum absolute atomic E-state index is 12.7. The molecule has 0 aliphatic carbocycles. The molecule has 0 unspecified atom stereocenters. The van der Waals surface area contributed by atoms with E-state index in [-0.39, 0.29) is 0 Å². The highest BCUT2D eigenvalue weighted by Crippen LogP contribution is 2.09. The molecule has 0 saturated heterocycles. The zero-order chi connectivity index (χ0) is 9.35. The third kappa shape index (κ3) is 1.77. The minimum Gasteiger partial charge on any atom is -0.238 e. The molecule has 0 radical (unpaired) electrons. The topological polar surface area (TPSA) is 73.1 Å². The van der Waals surface area contributed by atoms with Crippen molar-refractivity contribution in [1.29, 1.82) is 0 Å². The van der Waals surface area contributed by atoms with Gasteiger partial charge in [0.1, 0.15) is 0 Å². The summed E-state index contributed by atoms with van der Waals surface area (Å²) >= 11 is 0. The number of pyridine rings is 1. The monoisotopic (exact) mass is 190 g/mol. The Morgan fingerprint density at radius 2 is 2.08 bits per heavy atom. The SMILES string of the molecule is Cc1ccc(F)c(S(N)(=O)=O)n1. The maximum atomic E-state index is 12.7. The van der Waals surface area contributed by atoms with Gasteiger partial charge in [0.25, 0.3) is 10.0 Å². The van der Waals surface area contributed by atoms with Gasteiger partial charge in [-0.3, -0.25) is 0 Å². The quantitative estimate of drug-likeness (QED) is 0.686. The fraction of sp³-hybridized carbons (Fsp3) is 0.167. The van der Waals surface area contributed by atoms with Crippen molar-refractivity contribution >= 4 is 10.0 Å². The molecule has 0 aliphatic heterocycles. The van der Waals surface area contributed by atoms with Crippen molar-refractivity contribution in [2.75, 3.05) is 0 Å². The first kappa shape index (κ1) is 9.08. The van der Waals surface area contributed by atoms with Crippen molar-refractivity contribution in [3.8, 4) is 0 Å². The summed E-state index contributed by atoms with van der Waals surface area (Å²) in [5.41, 5.74) is 0.403. The Morgan fingerprint density at radius 1 is 1.50 bits per heavy atom. The number of hydrogen-bond acceptors (Lipinski definition) is 3. The van der Waals surface area contributed by atoms with Gasteiger partial charge in [-0.25, -0.2) is 22.9 Å².